The molecule has 0 amide bonds. The molecule has 0 atom stereocenters. The molecular formula is C13H9N5S. The Hall–Kier alpha value is -2.39. The molecule has 0 bridgehead atoms. The van der Waals surface area contributed by atoms with Gasteiger partial charge in [0.1, 0.15) is 17.4 Å². The van der Waals surface area contributed by atoms with Gasteiger partial charge in [-0.25, -0.2) is 4.98 Å². The first-order chi connectivity index (χ1) is 9.28. The van der Waals surface area contributed by atoms with Crippen LogP contribution >= 0.6 is 11.8 Å². The topological polar surface area (TPSA) is 67.4 Å². The molecular weight excluding hydrogens is 258 g/mol. The van der Waals surface area contributed by atoms with E-state index in [0.29, 0.717) is 15.7 Å². The molecule has 0 aliphatic carbocycles. The van der Waals surface area contributed by atoms with Crippen LogP contribution in [0.3, 0.4) is 0 Å². The van der Waals surface area contributed by atoms with Gasteiger partial charge in [-0.15, -0.1) is 10.2 Å². The van der Waals surface area contributed by atoms with Gasteiger partial charge in [0.25, 0.3) is 0 Å². The van der Waals surface area contributed by atoms with Crippen molar-refractivity contribution in [1.82, 2.24) is 19.7 Å². The highest BCUT2D eigenvalue weighted by atomic mass is 32.2. The van der Waals surface area contributed by atoms with E-state index in [1.807, 2.05) is 37.4 Å². The van der Waals surface area contributed by atoms with Crippen molar-refractivity contribution < 1.29 is 0 Å². The van der Waals surface area contributed by atoms with Gasteiger partial charge >= 0.3 is 0 Å². The number of benzene rings is 1. The van der Waals surface area contributed by atoms with Crippen molar-refractivity contribution in [2.24, 2.45) is 7.05 Å². The normalized spacial score (nSPS) is 10.5. The molecule has 3 rings (SSSR count). The zero-order valence-corrected chi connectivity index (χ0v) is 10.9. The SMILES string of the molecule is Cn1cnnc1Sc1nc2ccccc2cc1C#N. The molecule has 0 unspecified atom stereocenters. The van der Waals surface area contributed by atoms with E-state index in [2.05, 4.69) is 21.3 Å². The van der Waals surface area contributed by atoms with Crippen molar-refractivity contribution in [2.75, 3.05) is 0 Å². The van der Waals surface area contributed by atoms with E-state index in [1.54, 1.807) is 10.9 Å². The molecule has 0 N–H and O–H groups in total. The lowest BCUT2D eigenvalue weighted by Crippen LogP contribution is -1.93. The Kier molecular flexibility index (Phi) is 2.89. The van der Waals surface area contributed by atoms with Gasteiger partial charge in [0, 0.05) is 12.4 Å². The Morgan fingerprint density at radius 3 is 2.89 bits per heavy atom. The second-order valence-electron chi connectivity index (χ2n) is 3.97. The molecule has 0 aliphatic heterocycles. The summed E-state index contributed by atoms with van der Waals surface area (Å²) in [5.74, 6) is 0. The van der Waals surface area contributed by atoms with Crippen molar-refractivity contribution in [3.63, 3.8) is 0 Å². The smallest absolute Gasteiger partial charge is 0.197 e. The quantitative estimate of drug-likeness (QED) is 0.713. The van der Waals surface area contributed by atoms with Gasteiger partial charge in [0.05, 0.1) is 11.1 Å². The van der Waals surface area contributed by atoms with Gasteiger partial charge < -0.3 is 4.57 Å². The van der Waals surface area contributed by atoms with Crippen LogP contribution in [0.15, 0.2) is 46.8 Å². The lowest BCUT2D eigenvalue weighted by atomic mass is 10.2. The van der Waals surface area contributed by atoms with Crippen LogP contribution in [0.2, 0.25) is 0 Å². The minimum Gasteiger partial charge on any atom is -0.311 e. The first kappa shape index (κ1) is 11.7. The molecule has 0 fully saturated rings. The number of hydrogen-bond donors (Lipinski definition) is 0. The molecule has 0 saturated carbocycles. The number of fused-ring (bicyclic) bond motifs is 1. The van der Waals surface area contributed by atoms with Crippen molar-refractivity contribution in [1.29, 1.82) is 5.26 Å². The summed E-state index contributed by atoms with van der Waals surface area (Å²) in [6.45, 7) is 0. The molecule has 2 heterocycles. The van der Waals surface area contributed by atoms with E-state index in [1.165, 1.54) is 11.8 Å². The predicted octanol–water partition coefficient (Wildman–Crippen LogP) is 2.39. The van der Waals surface area contributed by atoms with Gasteiger partial charge in [0.2, 0.25) is 0 Å². The number of pyridine rings is 1. The second kappa shape index (κ2) is 4.71. The van der Waals surface area contributed by atoms with Crippen molar-refractivity contribution in [2.45, 2.75) is 10.2 Å². The number of rotatable bonds is 2. The zero-order chi connectivity index (χ0) is 13.2. The average Bonchev–Trinajstić information content (AvgIpc) is 2.83. The van der Waals surface area contributed by atoms with Crippen LogP contribution in [-0.4, -0.2) is 19.7 Å². The largest absolute Gasteiger partial charge is 0.311 e. The Bertz CT molecular complexity index is 787. The van der Waals surface area contributed by atoms with E-state index >= 15 is 0 Å². The standard InChI is InChI=1S/C13H9N5S/c1-18-8-15-17-13(18)19-12-10(7-14)6-9-4-2-3-5-11(9)16-12/h2-6,8H,1H3. The maximum Gasteiger partial charge on any atom is 0.197 e. The molecule has 6 heteroatoms. The lowest BCUT2D eigenvalue weighted by Gasteiger charge is -2.04. The fraction of sp³-hybridized carbons (Fsp3) is 0.0769. The molecule has 2 aromatic heterocycles. The highest BCUT2D eigenvalue weighted by Crippen LogP contribution is 2.28. The predicted molar refractivity (Wildman–Crippen MR) is 71.6 cm³/mol. The Morgan fingerprint density at radius 1 is 1.32 bits per heavy atom. The maximum absolute atomic E-state index is 9.23. The average molecular weight is 267 g/mol. The number of hydrogen-bond acceptors (Lipinski definition) is 5. The molecule has 0 saturated heterocycles. The van der Waals surface area contributed by atoms with Gasteiger partial charge in [-0.1, -0.05) is 18.2 Å². The summed E-state index contributed by atoms with van der Waals surface area (Å²) in [5.41, 5.74) is 1.41. The molecule has 3 aromatic rings. The molecule has 0 aliphatic rings. The van der Waals surface area contributed by atoms with E-state index < -0.39 is 0 Å². The van der Waals surface area contributed by atoms with Gasteiger partial charge in [-0.2, -0.15) is 5.26 Å². The Balaban J connectivity index is 2.12. The number of para-hydroxylation sites is 1. The van der Waals surface area contributed by atoms with Crippen LogP contribution < -0.4 is 0 Å². The maximum atomic E-state index is 9.23. The molecule has 0 spiro atoms. The number of aromatic nitrogens is 4. The van der Waals surface area contributed by atoms with Crippen LogP contribution in [0.4, 0.5) is 0 Å². The first-order valence-electron chi connectivity index (χ1n) is 5.59. The van der Waals surface area contributed by atoms with Crippen molar-refractivity contribution >= 4 is 22.7 Å². The third kappa shape index (κ3) is 2.16. The van der Waals surface area contributed by atoms with E-state index in [4.69, 9.17) is 0 Å². The van der Waals surface area contributed by atoms with E-state index in [-0.39, 0.29) is 0 Å². The summed E-state index contributed by atoms with van der Waals surface area (Å²) in [5, 5.41) is 19.4. The fourth-order valence-electron chi connectivity index (χ4n) is 1.71. The molecule has 1 aromatic carbocycles. The van der Waals surface area contributed by atoms with Gasteiger partial charge in [-0.05, 0) is 23.9 Å². The lowest BCUT2D eigenvalue weighted by molar-refractivity contribution is 0.787. The summed E-state index contributed by atoms with van der Waals surface area (Å²) in [6.07, 6.45) is 1.62. The van der Waals surface area contributed by atoms with Crippen LogP contribution in [0.1, 0.15) is 5.56 Å². The number of nitriles is 1. The van der Waals surface area contributed by atoms with Crippen molar-refractivity contribution in [3.8, 4) is 6.07 Å². The van der Waals surface area contributed by atoms with E-state index in [9.17, 15) is 5.26 Å². The van der Waals surface area contributed by atoms with Crippen LogP contribution in [-0.2, 0) is 7.05 Å². The summed E-state index contributed by atoms with van der Waals surface area (Å²) >= 11 is 1.34. The summed E-state index contributed by atoms with van der Waals surface area (Å²) in [7, 11) is 1.86. The van der Waals surface area contributed by atoms with Gasteiger partial charge in [0.15, 0.2) is 5.16 Å². The van der Waals surface area contributed by atoms with E-state index in [0.717, 1.165) is 10.9 Å². The third-order valence-electron chi connectivity index (χ3n) is 2.67. The first-order valence-corrected chi connectivity index (χ1v) is 6.41. The number of nitrogens with zero attached hydrogens (tertiary/aromatic N) is 5. The molecule has 92 valence electrons. The third-order valence-corrected chi connectivity index (χ3v) is 3.72. The van der Waals surface area contributed by atoms with Crippen molar-refractivity contribution in [3.05, 3.63) is 42.2 Å². The summed E-state index contributed by atoms with van der Waals surface area (Å²) < 4.78 is 1.79. The Morgan fingerprint density at radius 2 is 2.16 bits per heavy atom. The summed E-state index contributed by atoms with van der Waals surface area (Å²) in [6, 6.07) is 11.8. The number of aryl methyl sites for hydroxylation is 1. The zero-order valence-electron chi connectivity index (χ0n) is 10.1. The van der Waals surface area contributed by atoms with Gasteiger partial charge in [-0.3, -0.25) is 0 Å². The monoisotopic (exact) mass is 267 g/mol. The van der Waals surface area contributed by atoms with Crippen LogP contribution in [0.5, 0.6) is 0 Å². The molecule has 19 heavy (non-hydrogen) atoms. The molecule has 5 nitrogen and oxygen atoms in total. The Labute approximate surface area is 113 Å². The minimum absolute atomic E-state index is 0.548. The fourth-order valence-corrected chi connectivity index (χ4v) is 2.52. The van der Waals surface area contributed by atoms with Crippen LogP contribution in [0, 0.1) is 11.3 Å². The van der Waals surface area contributed by atoms with Crippen LogP contribution in [0.25, 0.3) is 10.9 Å². The highest BCUT2D eigenvalue weighted by molar-refractivity contribution is 7.99. The highest BCUT2D eigenvalue weighted by Gasteiger charge is 2.11. The second-order valence-corrected chi connectivity index (χ2v) is 4.93. The summed E-state index contributed by atoms with van der Waals surface area (Å²) in [4.78, 5) is 4.52. The molecule has 0 radical (unpaired) electrons. The minimum atomic E-state index is 0.548.